The number of esters is 2. The Morgan fingerprint density at radius 1 is 1.13 bits per heavy atom. The lowest BCUT2D eigenvalue weighted by atomic mass is 10.2. The fourth-order valence-corrected chi connectivity index (χ4v) is 1.25. The number of methoxy groups -OCH3 is 2. The van der Waals surface area contributed by atoms with E-state index in [4.69, 9.17) is 27.8 Å². The number of carbonyl (C=O) groups is 2. The molecular weight excluding hydrogens is 326 g/mol. The minimum absolute atomic E-state index is 0.269. The number of hydrogen-bond donors (Lipinski definition) is 3. The Morgan fingerprint density at radius 3 is 1.78 bits per heavy atom. The predicted octanol–water partition coefficient (Wildman–Crippen LogP) is -0.380. The van der Waals surface area contributed by atoms with Crippen molar-refractivity contribution in [3.8, 4) is 0 Å². The number of halogens is 1. The maximum atomic E-state index is 10.5. The summed E-state index contributed by atoms with van der Waals surface area (Å²) in [5.74, 6) is 0.0720. The molecule has 1 unspecified atom stereocenters. The van der Waals surface area contributed by atoms with Crippen LogP contribution in [0.25, 0.3) is 0 Å². The van der Waals surface area contributed by atoms with Gasteiger partial charge in [-0.05, 0) is 6.42 Å². The van der Waals surface area contributed by atoms with Gasteiger partial charge in [-0.25, -0.2) is 0 Å². The molecule has 0 aliphatic carbocycles. The van der Waals surface area contributed by atoms with E-state index in [9.17, 15) is 9.59 Å². The SMILES string of the molecule is COC(=O)CCCC(=O)OC.ClCC1CO1.NCCNCCN. The zero-order valence-electron chi connectivity index (χ0n) is 14.0. The zero-order chi connectivity index (χ0) is 17.9. The largest absolute Gasteiger partial charge is 0.469 e. The first kappa shape index (κ1) is 24.3. The van der Waals surface area contributed by atoms with E-state index < -0.39 is 0 Å². The molecular formula is C14H30ClN3O5. The number of epoxide rings is 1. The molecule has 1 aliphatic rings. The summed E-state index contributed by atoms with van der Waals surface area (Å²) >= 11 is 5.27. The van der Waals surface area contributed by atoms with Crippen LogP contribution in [0.15, 0.2) is 0 Å². The monoisotopic (exact) mass is 355 g/mol. The summed E-state index contributed by atoms with van der Waals surface area (Å²) in [4.78, 5) is 21.0. The maximum absolute atomic E-state index is 10.5. The molecule has 8 nitrogen and oxygen atoms in total. The summed E-state index contributed by atoms with van der Waals surface area (Å²) in [6, 6.07) is 0. The van der Waals surface area contributed by atoms with Gasteiger partial charge >= 0.3 is 11.9 Å². The average molecular weight is 356 g/mol. The standard InChI is InChI=1S/C7H12O4.C4H13N3.C3H5ClO/c1-10-6(8)4-3-5-7(9)11-2;5-1-3-7-4-2-6;4-1-3-2-5-3/h3-5H2,1-2H3;7H,1-6H2;3H,1-2H2. The first-order valence-corrected chi connectivity index (χ1v) is 8.01. The van der Waals surface area contributed by atoms with Crippen LogP contribution in [-0.4, -0.2) is 70.9 Å². The lowest BCUT2D eigenvalue weighted by molar-refractivity contribution is -0.142. The topological polar surface area (TPSA) is 129 Å². The molecule has 138 valence electrons. The second-order valence-electron chi connectivity index (χ2n) is 4.44. The first-order valence-electron chi connectivity index (χ1n) is 7.47. The molecule has 0 saturated carbocycles. The highest BCUT2D eigenvalue weighted by atomic mass is 35.5. The third-order valence-corrected chi connectivity index (χ3v) is 2.78. The van der Waals surface area contributed by atoms with Gasteiger partial charge in [0, 0.05) is 39.0 Å². The second-order valence-corrected chi connectivity index (χ2v) is 4.75. The van der Waals surface area contributed by atoms with Crippen LogP contribution in [0.3, 0.4) is 0 Å². The van der Waals surface area contributed by atoms with Crippen molar-refractivity contribution < 1.29 is 23.8 Å². The molecule has 0 aromatic carbocycles. The zero-order valence-corrected chi connectivity index (χ0v) is 14.8. The van der Waals surface area contributed by atoms with Crippen molar-refractivity contribution in [2.45, 2.75) is 25.4 Å². The first-order chi connectivity index (χ1) is 11.0. The van der Waals surface area contributed by atoms with Crippen molar-refractivity contribution in [2.75, 3.05) is 52.9 Å². The van der Waals surface area contributed by atoms with Gasteiger partial charge in [0.05, 0.1) is 32.8 Å². The van der Waals surface area contributed by atoms with Crippen LogP contribution in [0.4, 0.5) is 0 Å². The fourth-order valence-electron chi connectivity index (χ4n) is 1.07. The number of alkyl halides is 1. The second kappa shape index (κ2) is 19.1. The Kier molecular flexibility index (Phi) is 20.2. The van der Waals surface area contributed by atoms with Crippen molar-refractivity contribution >= 4 is 23.5 Å². The number of rotatable bonds is 9. The summed E-state index contributed by atoms with van der Waals surface area (Å²) < 4.78 is 13.5. The summed E-state index contributed by atoms with van der Waals surface area (Å²) in [5, 5.41) is 3.03. The van der Waals surface area contributed by atoms with Crippen molar-refractivity contribution in [2.24, 2.45) is 11.5 Å². The lowest BCUT2D eigenvalue weighted by Gasteiger charge is -1.97. The minimum atomic E-state index is -0.297. The molecule has 0 bridgehead atoms. The van der Waals surface area contributed by atoms with E-state index in [-0.39, 0.29) is 24.8 Å². The van der Waals surface area contributed by atoms with Gasteiger partial charge in [-0.2, -0.15) is 0 Å². The molecule has 1 atom stereocenters. The Morgan fingerprint density at radius 2 is 1.57 bits per heavy atom. The highest BCUT2D eigenvalue weighted by Gasteiger charge is 2.19. The Labute approximate surface area is 143 Å². The van der Waals surface area contributed by atoms with Crippen molar-refractivity contribution in [1.82, 2.24) is 5.32 Å². The summed E-state index contributed by atoms with van der Waals surface area (Å²) in [7, 11) is 2.64. The molecule has 1 heterocycles. The fraction of sp³-hybridized carbons (Fsp3) is 0.857. The number of nitrogens with two attached hydrogens (primary N) is 2. The molecule has 5 N–H and O–H groups in total. The highest BCUT2D eigenvalue weighted by molar-refractivity contribution is 6.18. The van der Waals surface area contributed by atoms with Gasteiger partial charge in [0.2, 0.25) is 0 Å². The minimum Gasteiger partial charge on any atom is -0.469 e. The molecule has 1 fully saturated rings. The van der Waals surface area contributed by atoms with Gasteiger partial charge in [0.15, 0.2) is 0 Å². The smallest absolute Gasteiger partial charge is 0.305 e. The molecule has 9 heteroatoms. The van der Waals surface area contributed by atoms with Gasteiger partial charge in [-0.15, -0.1) is 11.6 Å². The number of nitrogens with one attached hydrogen (secondary N) is 1. The van der Waals surface area contributed by atoms with E-state index in [0.29, 0.717) is 31.5 Å². The van der Waals surface area contributed by atoms with Crippen LogP contribution in [-0.2, 0) is 23.8 Å². The molecule has 1 rings (SSSR count). The number of ether oxygens (including phenoxy) is 3. The summed E-state index contributed by atoms with van der Waals surface area (Å²) in [5.41, 5.74) is 10.3. The van der Waals surface area contributed by atoms with Crippen molar-refractivity contribution in [3.63, 3.8) is 0 Å². The Balaban J connectivity index is 0. The molecule has 0 radical (unpaired) electrons. The molecule has 1 saturated heterocycles. The third kappa shape index (κ3) is 23.5. The molecule has 1 aliphatic heterocycles. The van der Waals surface area contributed by atoms with E-state index in [1.807, 2.05) is 0 Å². The highest BCUT2D eigenvalue weighted by Crippen LogP contribution is 2.08. The van der Waals surface area contributed by atoms with E-state index in [1.54, 1.807) is 0 Å². The van der Waals surface area contributed by atoms with Crippen LogP contribution in [0, 0.1) is 0 Å². The summed E-state index contributed by atoms with van der Waals surface area (Å²) in [6.07, 6.45) is 1.42. The van der Waals surface area contributed by atoms with Crippen molar-refractivity contribution in [1.29, 1.82) is 0 Å². The Bertz CT molecular complexity index is 272. The van der Waals surface area contributed by atoms with Gasteiger partial charge in [0.25, 0.3) is 0 Å². The molecule has 0 amide bonds. The van der Waals surface area contributed by atoms with E-state index >= 15 is 0 Å². The van der Waals surface area contributed by atoms with Crippen LogP contribution in [0.2, 0.25) is 0 Å². The van der Waals surface area contributed by atoms with Crippen LogP contribution < -0.4 is 16.8 Å². The molecule has 23 heavy (non-hydrogen) atoms. The predicted molar refractivity (Wildman–Crippen MR) is 89.3 cm³/mol. The van der Waals surface area contributed by atoms with Crippen LogP contribution in [0.5, 0.6) is 0 Å². The van der Waals surface area contributed by atoms with Crippen LogP contribution in [0.1, 0.15) is 19.3 Å². The van der Waals surface area contributed by atoms with Gasteiger partial charge in [-0.1, -0.05) is 0 Å². The van der Waals surface area contributed by atoms with Gasteiger partial charge < -0.3 is 31.0 Å². The van der Waals surface area contributed by atoms with Crippen molar-refractivity contribution in [3.05, 3.63) is 0 Å². The summed E-state index contributed by atoms with van der Waals surface area (Å²) in [6.45, 7) is 4.01. The number of hydrogen-bond acceptors (Lipinski definition) is 8. The van der Waals surface area contributed by atoms with E-state index in [0.717, 1.165) is 19.7 Å². The average Bonchev–Trinajstić information content (AvgIpc) is 3.40. The molecule has 0 aromatic rings. The lowest BCUT2D eigenvalue weighted by Crippen LogP contribution is -2.27. The van der Waals surface area contributed by atoms with Gasteiger partial charge in [0.1, 0.15) is 0 Å². The number of carbonyl (C=O) groups excluding carboxylic acids is 2. The molecule has 0 aromatic heterocycles. The quantitative estimate of drug-likeness (QED) is 0.221. The van der Waals surface area contributed by atoms with Gasteiger partial charge in [-0.3, -0.25) is 9.59 Å². The van der Waals surface area contributed by atoms with E-state index in [2.05, 4.69) is 14.8 Å². The van der Waals surface area contributed by atoms with E-state index in [1.165, 1.54) is 14.2 Å². The maximum Gasteiger partial charge on any atom is 0.305 e. The normalized spacial score (nSPS) is 14.6. The Hall–Kier alpha value is -0.930. The molecule has 0 spiro atoms. The third-order valence-electron chi connectivity index (χ3n) is 2.43. The van der Waals surface area contributed by atoms with Crippen LogP contribution >= 0.6 is 11.6 Å².